The van der Waals surface area contributed by atoms with Crippen LogP contribution in [0.5, 0.6) is 0 Å². The largest absolute Gasteiger partial charge is 0.477 e. The van der Waals surface area contributed by atoms with E-state index < -0.39 is 29.1 Å². The first kappa shape index (κ1) is 43.8. The summed E-state index contributed by atoms with van der Waals surface area (Å²) in [5.74, 6) is -4.77. The Balaban J connectivity index is 0.000000356. The predicted octanol–water partition coefficient (Wildman–Crippen LogP) is 3.84. The zero-order valence-corrected chi connectivity index (χ0v) is 32.9. The molecule has 2 saturated heterocycles. The van der Waals surface area contributed by atoms with Crippen molar-refractivity contribution in [2.45, 2.75) is 84.9 Å². The lowest BCUT2D eigenvalue weighted by atomic mass is 9.91. The van der Waals surface area contributed by atoms with Crippen molar-refractivity contribution in [2.24, 2.45) is 5.92 Å². The number of halogens is 2. The van der Waals surface area contributed by atoms with E-state index >= 15 is 0 Å². The number of carbonyl (C=O) groups excluding carboxylic acids is 1. The summed E-state index contributed by atoms with van der Waals surface area (Å²) in [6.45, 7) is 15.6. The first-order valence-electron chi connectivity index (χ1n) is 16.5. The second-order valence-electron chi connectivity index (χ2n) is 13.2. The average molecular weight is 849 g/mol. The second-order valence-corrected chi connectivity index (χ2v) is 14.9. The van der Waals surface area contributed by atoms with E-state index in [9.17, 15) is 24.3 Å². The molecule has 1 amide bonds. The summed E-state index contributed by atoms with van der Waals surface area (Å²) in [5, 5.41) is 37.3. The fourth-order valence-electron chi connectivity index (χ4n) is 5.95. The summed E-state index contributed by atoms with van der Waals surface area (Å²) in [5.41, 5.74) is 0.196. The van der Waals surface area contributed by atoms with Gasteiger partial charge in [0.05, 0.1) is 5.60 Å². The van der Waals surface area contributed by atoms with Crippen LogP contribution in [0.4, 0.5) is 0 Å². The summed E-state index contributed by atoms with van der Waals surface area (Å²) in [6, 6.07) is 2.90. The number of amides is 1. The van der Waals surface area contributed by atoms with Crippen molar-refractivity contribution in [3.63, 3.8) is 0 Å². The standard InChI is InChI=1S/C22H34BrN3O4.C10H12BrNO3.C2H2O4/c1-15(2)26-16(3)19(23)12-18(21(26)28)20(27)24-13-17-4-8-25(9-5-17)14-22(29)6-10-30-11-7-22;1-5(2)12-6(3)8(11)4-7(9(12)13)10(14)15;3-1(4)2(5)6/h12,15,17,29H,4-11,13-14H2,1-3H3,(H,24,27);4-5H,1-3H3,(H,14,15);(H,3,4)(H,5,6). The number of β-amino-alcohol motifs (C(OH)–C–C–N with tert-alkyl or cyclic N) is 1. The van der Waals surface area contributed by atoms with Crippen LogP contribution in [-0.4, -0.2) is 103 Å². The van der Waals surface area contributed by atoms with Crippen molar-refractivity contribution in [1.29, 1.82) is 0 Å². The number of likely N-dealkylation sites (tertiary alicyclic amines) is 1. The lowest BCUT2D eigenvalue weighted by Gasteiger charge is -2.39. The zero-order valence-electron chi connectivity index (χ0n) is 29.7. The Morgan fingerprint density at radius 1 is 0.843 bits per heavy atom. The summed E-state index contributed by atoms with van der Waals surface area (Å²) >= 11 is 6.72. The van der Waals surface area contributed by atoms with Crippen molar-refractivity contribution in [3.8, 4) is 0 Å². The van der Waals surface area contributed by atoms with Crippen LogP contribution >= 0.6 is 31.9 Å². The highest BCUT2D eigenvalue weighted by Gasteiger charge is 2.33. The molecule has 0 unspecified atom stereocenters. The van der Waals surface area contributed by atoms with Gasteiger partial charge in [-0.3, -0.25) is 14.4 Å². The van der Waals surface area contributed by atoms with Crippen LogP contribution in [-0.2, 0) is 14.3 Å². The number of nitrogens with zero attached hydrogens (tertiary/aromatic N) is 3. The molecule has 0 atom stereocenters. The molecular formula is C34H48Br2N4O11. The first-order chi connectivity index (χ1) is 23.7. The van der Waals surface area contributed by atoms with Gasteiger partial charge in [-0.15, -0.1) is 0 Å². The normalized spacial score (nSPS) is 16.1. The molecule has 0 spiro atoms. The van der Waals surface area contributed by atoms with Gasteiger partial charge in [-0.1, -0.05) is 0 Å². The number of aliphatic hydroxyl groups is 1. The molecule has 0 aromatic carbocycles. The van der Waals surface area contributed by atoms with E-state index in [1.165, 1.54) is 10.6 Å². The number of carbonyl (C=O) groups is 4. The van der Waals surface area contributed by atoms with Gasteiger partial charge in [0, 0.05) is 71.6 Å². The molecule has 5 N–H and O–H groups in total. The highest BCUT2D eigenvalue weighted by atomic mass is 79.9. The quantitative estimate of drug-likeness (QED) is 0.240. The van der Waals surface area contributed by atoms with Crippen LogP contribution in [0.15, 0.2) is 30.7 Å². The molecule has 2 aliphatic rings. The maximum absolute atomic E-state index is 12.8. The van der Waals surface area contributed by atoms with E-state index in [2.05, 4.69) is 42.1 Å². The molecule has 2 aromatic rings. The minimum atomic E-state index is -1.82. The Hall–Kier alpha value is -3.38. The fraction of sp³-hybridized carbons (Fsp3) is 0.588. The third kappa shape index (κ3) is 12.4. The van der Waals surface area contributed by atoms with Gasteiger partial charge in [-0.2, -0.15) is 0 Å². The van der Waals surface area contributed by atoms with Crippen LogP contribution in [0.2, 0.25) is 0 Å². The monoisotopic (exact) mass is 846 g/mol. The number of rotatable bonds is 8. The maximum Gasteiger partial charge on any atom is 0.414 e. The minimum Gasteiger partial charge on any atom is -0.477 e. The first-order valence-corrected chi connectivity index (χ1v) is 18.1. The Labute approximate surface area is 312 Å². The molecule has 2 aromatic heterocycles. The van der Waals surface area contributed by atoms with E-state index in [1.54, 1.807) is 17.6 Å². The number of aromatic nitrogens is 2. The van der Waals surface area contributed by atoms with E-state index in [1.807, 2.05) is 34.6 Å². The zero-order chi connectivity index (χ0) is 38.8. The number of piperidine rings is 1. The van der Waals surface area contributed by atoms with Gasteiger partial charge in [0.15, 0.2) is 0 Å². The molecule has 51 heavy (non-hydrogen) atoms. The van der Waals surface area contributed by atoms with Crippen LogP contribution in [0.25, 0.3) is 0 Å². The molecule has 4 rings (SSSR count). The molecular weight excluding hydrogens is 800 g/mol. The van der Waals surface area contributed by atoms with Crippen molar-refractivity contribution in [1.82, 2.24) is 19.4 Å². The van der Waals surface area contributed by atoms with Gasteiger partial charge < -0.3 is 44.5 Å². The van der Waals surface area contributed by atoms with Crippen molar-refractivity contribution < 1.29 is 44.3 Å². The number of carboxylic acid groups (broad SMARTS) is 3. The number of ether oxygens (including phenoxy) is 1. The predicted molar refractivity (Wildman–Crippen MR) is 196 cm³/mol. The number of hydrogen-bond acceptors (Lipinski definition) is 9. The summed E-state index contributed by atoms with van der Waals surface area (Å²) in [7, 11) is 0. The Bertz CT molecular complexity index is 1680. The third-order valence-corrected chi connectivity index (χ3v) is 10.4. The topological polar surface area (TPSA) is 218 Å². The van der Waals surface area contributed by atoms with E-state index in [0.717, 1.165) is 41.8 Å². The van der Waals surface area contributed by atoms with Crippen LogP contribution in [0.3, 0.4) is 0 Å². The molecule has 0 aliphatic carbocycles. The SMILES string of the molecule is Cc1c(Br)cc(C(=O)NCC2CCN(CC3(O)CCOCC3)CC2)c(=O)n1C(C)C.Cc1c(Br)cc(C(=O)O)c(=O)n1C(C)C.O=C(O)C(=O)O. The van der Waals surface area contributed by atoms with Crippen molar-refractivity contribution >= 4 is 55.7 Å². The molecule has 0 radical (unpaired) electrons. The van der Waals surface area contributed by atoms with Crippen LogP contribution in [0.1, 0.15) is 97.6 Å². The number of pyridine rings is 2. The van der Waals surface area contributed by atoms with Crippen molar-refractivity contribution in [3.05, 3.63) is 64.3 Å². The number of nitrogens with one attached hydrogen (secondary N) is 1. The van der Waals surface area contributed by atoms with Crippen molar-refractivity contribution in [2.75, 3.05) is 39.4 Å². The number of aliphatic carboxylic acids is 2. The molecule has 0 saturated carbocycles. The molecule has 0 bridgehead atoms. The highest BCUT2D eigenvalue weighted by Crippen LogP contribution is 2.25. The van der Waals surface area contributed by atoms with E-state index in [0.29, 0.717) is 49.5 Å². The Morgan fingerprint density at radius 3 is 1.69 bits per heavy atom. The minimum absolute atomic E-state index is 0.0172. The molecule has 17 heteroatoms. The average Bonchev–Trinajstić information content (AvgIpc) is 3.04. The second kappa shape index (κ2) is 19.5. The number of carboxylic acids is 3. The molecule has 4 heterocycles. The van der Waals surface area contributed by atoms with Gasteiger partial charge in [-0.05, 0) is 117 Å². The summed E-state index contributed by atoms with van der Waals surface area (Å²) < 4.78 is 9.87. The lowest BCUT2D eigenvalue weighted by Crippen LogP contribution is -2.49. The number of aromatic carboxylic acids is 1. The molecule has 15 nitrogen and oxygen atoms in total. The lowest BCUT2D eigenvalue weighted by molar-refractivity contribution is -0.159. The van der Waals surface area contributed by atoms with E-state index in [4.69, 9.17) is 29.6 Å². The maximum atomic E-state index is 12.8. The van der Waals surface area contributed by atoms with Gasteiger partial charge in [0.1, 0.15) is 11.1 Å². The molecule has 2 aliphatic heterocycles. The van der Waals surface area contributed by atoms with Gasteiger partial charge in [-0.25, -0.2) is 14.4 Å². The van der Waals surface area contributed by atoms with Crippen LogP contribution < -0.4 is 16.4 Å². The summed E-state index contributed by atoms with van der Waals surface area (Å²) in [6.07, 6.45) is 3.34. The highest BCUT2D eigenvalue weighted by molar-refractivity contribution is 9.10. The Morgan fingerprint density at radius 2 is 1.27 bits per heavy atom. The smallest absolute Gasteiger partial charge is 0.414 e. The van der Waals surface area contributed by atoms with E-state index in [-0.39, 0.29) is 34.7 Å². The third-order valence-electron chi connectivity index (χ3n) is 8.75. The fourth-order valence-corrected chi connectivity index (χ4v) is 6.79. The Kier molecular flexibility index (Phi) is 16.7. The number of hydrogen-bond donors (Lipinski definition) is 5. The summed E-state index contributed by atoms with van der Waals surface area (Å²) in [4.78, 5) is 68.6. The van der Waals surface area contributed by atoms with Gasteiger partial charge in [0.25, 0.3) is 17.0 Å². The van der Waals surface area contributed by atoms with Gasteiger partial charge >= 0.3 is 17.9 Å². The van der Waals surface area contributed by atoms with Crippen LogP contribution in [0, 0.1) is 19.8 Å². The van der Waals surface area contributed by atoms with Gasteiger partial charge in [0.2, 0.25) is 0 Å². The molecule has 284 valence electrons. The molecule has 2 fully saturated rings.